The van der Waals surface area contributed by atoms with Gasteiger partial charge in [0.2, 0.25) is 5.91 Å². The van der Waals surface area contributed by atoms with Crippen LogP contribution in [0.15, 0.2) is 24.3 Å². The summed E-state index contributed by atoms with van der Waals surface area (Å²) >= 11 is 0. The van der Waals surface area contributed by atoms with Crippen LogP contribution in [0, 0.1) is 0 Å². The van der Waals surface area contributed by atoms with Crippen molar-refractivity contribution in [2.75, 3.05) is 6.54 Å². The average Bonchev–Trinajstić information content (AvgIpc) is 2.46. The molecule has 0 saturated heterocycles. The highest BCUT2D eigenvalue weighted by Crippen LogP contribution is 2.20. The van der Waals surface area contributed by atoms with E-state index in [-0.39, 0.29) is 18.1 Å². The van der Waals surface area contributed by atoms with E-state index in [2.05, 4.69) is 10.1 Å². The van der Waals surface area contributed by atoms with Gasteiger partial charge in [-0.3, -0.25) is 4.79 Å². The molecule has 0 aliphatic carbocycles. The molecule has 1 amide bonds. The second-order valence-corrected chi connectivity index (χ2v) is 5.01. The lowest BCUT2D eigenvalue weighted by molar-refractivity contribution is -0.120. The predicted octanol–water partition coefficient (Wildman–Crippen LogP) is 2.46. The minimum absolute atomic E-state index is 0.0210. The second-order valence-electron chi connectivity index (χ2n) is 5.01. The molecule has 21 heavy (non-hydrogen) atoms. The molecule has 0 aliphatic heterocycles. The van der Waals surface area contributed by atoms with E-state index in [0.29, 0.717) is 12.1 Å². The number of carbonyl (C=O) groups excluding carboxylic acids is 1. The number of alkyl halides is 2. The monoisotopic (exact) mass is 300 g/mol. The summed E-state index contributed by atoms with van der Waals surface area (Å²) in [6.07, 6.45) is 1.47. The van der Waals surface area contributed by atoms with E-state index in [1.807, 2.05) is 13.8 Å². The number of nitrogens with two attached hydrogens (primary N) is 1. The van der Waals surface area contributed by atoms with Crippen LogP contribution in [-0.4, -0.2) is 24.6 Å². The van der Waals surface area contributed by atoms with Crippen LogP contribution in [0.3, 0.4) is 0 Å². The standard InChI is InChI=1S/C15H22F2N2O2/c1-3-15(18,4-2)10-19-13(20)9-11-7-5-6-8-12(11)21-14(16)17/h5-8,14H,3-4,9-10,18H2,1-2H3,(H,19,20). The second kappa shape index (κ2) is 7.93. The maximum Gasteiger partial charge on any atom is 0.387 e. The third kappa shape index (κ3) is 5.67. The number of nitrogens with one attached hydrogen (secondary N) is 1. The summed E-state index contributed by atoms with van der Waals surface area (Å²) in [4.78, 5) is 11.9. The molecule has 118 valence electrons. The van der Waals surface area contributed by atoms with Gasteiger partial charge >= 0.3 is 6.61 Å². The first kappa shape index (κ1) is 17.4. The zero-order valence-corrected chi connectivity index (χ0v) is 12.4. The summed E-state index contributed by atoms with van der Waals surface area (Å²) in [5, 5.41) is 2.75. The minimum Gasteiger partial charge on any atom is -0.435 e. The molecule has 4 nitrogen and oxygen atoms in total. The molecule has 0 atom stereocenters. The lowest BCUT2D eigenvalue weighted by Gasteiger charge is -2.26. The number of ether oxygens (including phenoxy) is 1. The van der Waals surface area contributed by atoms with Crippen molar-refractivity contribution in [2.45, 2.75) is 45.3 Å². The van der Waals surface area contributed by atoms with Crippen LogP contribution >= 0.6 is 0 Å². The van der Waals surface area contributed by atoms with Crippen molar-refractivity contribution in [1.82, 2.24) is 5.32 Å². The Kier molecular flexibility index (Phi) is 6.55. The summed E-state index contributed by atoms with van der Waals surface area (Å²) in [5.41, 5.74) is 6.08. The highest BCUT2D eigenvalue weighted by molar-refractivity contribution is 5.79. The molecule has 1 rings (SSSR count). The van der Waals surface area contributed by atoms with Crippen LogP contribution < -0.4 is 15.8 Å². The van der Waals surface area contributed by atoms with Crippen LogP contribution in [0.25, 0.3) is 0 Å². The Hall–Kier alpha value is -1.69. The average molecular weight is 300 g/mol. The van der Waals surface area contributed by atoms with E-state index in [4.69, 9.17) is 5.73 Å². The van der Waals surface area contributed by atoms with E-state index < -0.39 is 12.2 Å². The highest BCUT2D eigenvalue weighted by atomic mass is 19.3. The van der Waals surface area contributed by atoms with Gasteiger partial charge in [0, 0.05) is 17.6 Å². The predicted molar refractivity (Wildman–Crippen MR) is 77.3 cm³/mol. The molecule has 0 heterocycles. The smallest absolute Gasteiger partial charge is 0.387 e. The number of benzene rings is 1. The number of amides is 1. The third-order valence-electron chi connectivity index (χ3n) is 3.59. The molecule has 0 bridgehead atoms. The van der Waals surface area contributed by atoms with E-state index in [1.165, 1.54) is 6.07 Å². The van der Waals surface area contributed by atoms with Crippen LogP contribution in [-0.2, 0) is 11.2 Å². The summed E-state index contributed by atoms with van der Waals surface area (Å²) in [6, 6.07) is 6.26. The Morgan fingerprint density at radius 2 is 1.95 bits per heavy atom. The first-order valence-electron chi connectivity index (χ1n) is 6.98. The van der Waals surface area contributed by atoms with Gasteiger partial charge in [-0.1, -0.05) is 32.0 Å². The topological polar surface area (TPSA) is 64.3 Å². The number of rotatable bonds is 8. The zero-order chi connectivity index (χ0) is 15.9. The fourth-order valence-electron chi connectivity index (χ4n) is 1.87. The minimum atomic E-state index is -2.91. The molecule has 0 unspecified atom stereocenters. The molecule has 6 heteroatoms. The first-order chi connectivity index (χ1) is 9.90. The number of hydrogen-bond donors (Lipinski definition) is 2. The summed E-state index contributed by atoms with van der Waals surface area (Å²) in [7, 11) is 0. The van der Waals surface area contributed by atoms with Gasteiger partial charge in [0.1, 0.15) is 5.75 Å². The summed E-state index contributed by atoms with van der Waals surface area (Å²) in [5.74, 6) is -0.246. The Balaban J connectivity index is 2.63. The summed E-state index contributed by atoms with van der Waals surface area (Å²) in [6.45, 7) is 1.37. The van der Waals surface area contributed by atoms with Crippen molar-refractivity contribution in [3.05, 3.63) is 29.8 Å². The number of halogens is 2. The zero-order valence-electron chi connectivity index (χ0n) is 12.4. The van der Waals surface area contributed by atoms with Gasteiger partial charge in [0.05, 0.1) is 6.42 Å². The van der Waals surface area contributed by atoms with Gasteiger partial charge in [-0.15, -0.1) is 0 Å². The molecular weight excluding hydrogens is 278 g/mol. The van der Waals surface area contributed by atoms with E-state index >= 15 is 0 Å². The van der Waals surface area contributed by atoms with Gasteiger partial charge in [-0.05, 0) is 18.9 Å². The van der Waals surface area contributed by atoms with Gasteiger partial charge in [0.15, 0.2) is 0 Å². The third-order valence-corrected chi connectivity index (χ3v) is 3.59. The Labute approximate surface area is 123 Å². The molecule has 0 fully saturated rings. The Bertz CT molecular complexity index is 463. The SMILES string of the molecule is CCC(N)(CC)CNC(=O)Cc1ccccc1OC(F)F. The summed E-state index contributed by atoms with van der Waals surface area (Å²) < 4.78 is 29.0. The molecule has 0 aromatic heterocycles. The van der Waals surface area contributed by atoms with E-state index in [1.54, 1.807) is 18.2 Å². The van der Waals surface area contributed by atoms with Crippen LogP contribution in [0.5, 0.6) is 5.75 Å². The van der Waals surface area contributed by atoms with Crippen LogP contribution in [0.4, 0.5) is 8.78 Å². The first-order valence-corrected chi connectivity index (χ1v) is 6.98. The fraction of sp³-hybridized carbons (Fsp3) is 0.533. The van der Waals surface area contributed by atoms with Gasteiger partial charge in [-0.2, -0.15) is 8.78 Å². The van der Waals surface area contributed by atoms with Crippen molar-refractivity contribution in [2.24, 2.45) is 5.73 Å². The lowest BCUT2D eigenvalue weighted by atomic mass is 9.94. The normalized spacial score (nSPS) is 11.5. The van der Waals surface area contributed by atoms with Crippen molar-refractivity contribution >= 4 is 5.91 Å². The fourth-order valence-corrected chi connectivity index (χ4v) is 1.87. The van der Waals surface area contributed by atoms with Gasteiger partial charge in [-0.25, -0.2) is 0 Å². The molecule has 0 spiro atoms. The van der Waals surface area contributed by atoms with Gasteiger partial charge in [0.25, 0.3) is 0 Å². The molecule has 3 N–H and O–H groups in total. The molecule has 0 saturated carbocycles. The Morgan fingerprint density at radius 3 is 2.52 bits per heavy atom. The number of para-hydroxylation sites is 1. The number of carbonyl (C=O) groups is 1. The quantitative estimate of drug-likeness (QED) is 0.775. The largest absolute Gasteiger partial charge is 0.435 e. The van der Waals surface area contributed by atoms with E-state index in [0.717, 1.165) is 12.8 Å². The highest BCUT2D eigenvalue weighted by Gasteiger charge is 2.21. The molecule has 0 radical (unpaired) electrons. The van der Waals surface area contributed by atoms with E-state index in [9.17, 15) is 13.6 Å². The molecule has 0 aliphatic rings. The molecular formula is C15H22F2N2O2. The van der Waals surface area contributed by atoms with Crippen molar-refractivity contribution in [3.63, 3.8) is 0 Å². The van der Waals surface area contributed by atoms with Crippen molar-refractivity contribution in [3.8, 4) is 5.75 Å². The molecule has 1 aromatic carbocycles. The lowest BCUT2D eigenvalue weighted by Crippen LogP contribution is -2.49. The Morgan fingerprint density at radius 1 is 1.33 bits per heavy atom. The molecule has 1 aromatic rings. The maximum atomic E-state index is 12.3. The van der Waals surface area contributed by atoms with Crippen LogP contribution in [0.2, 0.25) is 0 Å². The maximum absolute atomic E-state index is 12.3. The van der Waals surface area contributed by atoms with Crippen molar-refractivity contribution < 1.29 is 18.3 Å². The van der Waals surface area contributed by atoms with Crippen molar-refractivity contribution in [1.29, 1.82) is 0 Å². The van der Waals surface area contributed by atoms with Gasteiger partial charge < -0.3 is 15.8 Å². The number of hydrogen-bond acceptors (Lipinski definition) is 3. The van der Waals surface area contributed by atoms with Crippen LogP contribution in [0.1, 0.15) is 32.3 Å².